The van der Waals surface area contributed by atoms with Crippen molar-refractivity contribution in [1.82, 2.24) is 19.5 Å². The predicted molar refractivity (Wildman–Crippen MR) is 171 cm³/mol. The van der Waals surface area contributed by atoms with Crippen LogP contribution in [0.3, 0.4) is 0 Å². The zero-order chi connectivity index (χ0) is 33.4. The molecule has 2 saturated heterocycles. The van der Waals surface area contributed by atoms with Gasteiger partial charge in [0, 0.05) is 37.2 Å². The third-order valence-corrected chi connectivity index (χ3v) is 11.1. The number of imidazole rings is 1. The minimum atomic E-state index is -1.28. The Morgan fingerprint density at radius 2 is 1.78 bits per heavy atom. The number of hydrogen-bond donors (Lipinski definition) is 3. The Labute approximate surface area is 268 Å². The van der Waals surface area contributed by atoms with Crippen LogP contribution in [0.1, 0.15) is 67.7 Å². The average Bonchev–Trinajstić information content (AvgIpc) is 3.50. The van der Waals surface area contributed by atoms with Crippen molar-refractivity contribution in [2.75, 3.05) is 24.3 Å². The maximum atomic E-state index is 14.1. The fraction of sp³-hybridized carbons (Fsp3) is 0.742. The highest BCUT2D eigenvalue weighted by molar-refractivity contribution is 8.00. The lowest BCUT2D eigenvalue weighted by atomic mass is 9.70. The van der Waals surface area contributed by atoms with E-state index < -0.39 is 64.3 Å². The fourth-order valence-corrected chi connectivity index (χ4v) is 8.79. The van der Waals surface area contributed by atoms with E-state index in [-0.39, 0.29) is 23.5 Å². The number of nitrogen functional groups attached to an aromatic ring is 2. The number of nitrogens with two attached hydrogens (primary N) is 2. The summed E-state index contributed by atoms with van der Waals surface area (Å²) in [6.45, 7) is 13.2. The van der Waals surface area contributed by atoms with Crippen LogP contribution < -0.4 is 11.5 Å². The Hall–Kier alpha value is -2.97. The van der Waals surface area contributed by atoms with Gasteiger partial charge in [0.25, 0.3) is 0 Å². The number of fused-ring (bicyclic) bond motifs is 2. The van der Waals surface area contributed by atoms with E-state index in [1.165, 1.54) is 11.8 Å². The fourth-order valence-electron chi connectivity index (χ4n) is 7.34. The van der Waals surface area contributed by atoms with Crippen molar-refractivity contribution < 1.29 is 33.7 Å². The van der Waals surface area contributed by atoms with Crippen LogP contribution >= 0.6 is 11.8 Å². The van der Waals surface area contributed by atoms with E-state index in [9.17, 15) is 19.5 Å². The summed E-state index contributed by atoms with van der Waals surface area (Å²) in [6.07, 6.45) is 0.981. The van der Waals surface area contributed by atoms with Crippen molar-refractivity contribution in [1.29, 1.82) is 0 Å². The quantitative estimate of drug-likeness (QED) is 0.387. The highest BCUT2D eigenvalue weighted by Gasteiger charge is 2.61. The van der Waals surface area contributed by atoms with Gasteiger partial charge in [-0.25, -0.2) is 4.98 Å². The standard InChI is InChI=1S/C31H48N6O7S/c1-9-19-31(7)20(24(28(41)44-31)45-11-10-37-14-34-21-25(32)35-29(33)36-26(21)37)17(4)22(38)15(2)12-30(6,42-8)13-16(3)23(39)18(5)27(40)43-19/h14-20,23-24,39H,9-13H2,1-8H3,(H4,32,33,35,36). The van der Waals surface area contributed by atoms with Crippen LogP contribution in [-0.2, 0) is 35.1 Å². The largest absolute Gasteiger partial charge is 0.458 e. The summed E-state index contributed by atoms with van der Waals surface area (Å²) in [5.41, 5.74) is 10.7. The number of ether oxygens (including phenoxy) is 3. The number of anilines is 2. The summed E-state index contributed by atoms with van der Waals surface area (Å²) < 4.78 is 19.8. The normalized spacial score (nSPS) is 36.8. The van der Waals surface area contributed by atoms with Crippen LogP contribution in [0, 0.1) is 29.6 Å². The molecule has 0 aromatic carbocycles. The molecule has 10 atom stereocenters. The average molecular weight is 649 g/mol. The number of nitrogens with zero attached hydrogens (tertiary/aromatic N) is 4. The number of thioether (sulfide) groups is 1. The number of Topliss-reactive ketones (excluding diaryl/α,β-unsaturated/α-hetero) is 1. The highest BCUT2D eigenvalue weighted by Crippen LogP contribution is 2.48. The molecule has 0 saturated carbocycles. The van der Waals surface area contributed by atoms with E-state index in [0.29, 0.717) is 42.7 Å². The molecule has 4 heterocycles. The molecule has 250 valence electrons. The van der Waals surface area contributed by atoms with E-state index in [0.717, 1.165) is 0 Å². The van der Waals surface area contributed by atoms with Crippen molar-refractivity contribution in [2.45, 2.75) is 103 Å². The number of cyclic esters (lactones) is 1. The van der Waals surface area contributed by atoms with Crippen LogP contribution in [0.15, 0.2) is 6.33 Å². The lowest BCUT2D eigenvalue weighted by Crippen LogP contribution is -2.53. The molecule has 0 aliphatic carbocycles. The van der Waals surface area contributed by atoms with E-state index >= 15 is 0 Å². The topological polar surface area (TPSA) is 195 Å². The second kappa shape index (κ2) is 13.4. The van der Waals surface area contributed by atoms with E-state index in [1.807, 2.05) is 34.6 Å². The van der Waals surface area contributed by atoms with Gasteiger partial charge >= 0.3 is 11.9 Å². The van der Waals surface area contributed by atoms with Crippen LogP contribution in [0.2, 0.25) is 0 Å². The van der Waals surface area contributed by atoms with Crippen molar-refractivity contribution in [3.63, 3.8) is 0 Å². The first kappa shape index (κ1) is 34.9. The van der Waals surface area contributed by atoms with Crippen LogP contribution in [0.4, 0.5) is 11.8 Å². The molecule has 5 N–H and O–H groups in total. The monoisotopic (exact) mass is 648 g/mol. The van der Waals surface area contributed by atoms with Crippen molar-refractivity contribution >= 4 is 52.4 Å². The molecule has 0 spiro atoms. The molecule has 45 heavy (non-hydrogen) atoms. The summed E-state index contributed by atoms with van der Waals surface area (Å²) in [5, 5.41) is 10.4. The van der Waals surface area contributed by atoms with Crippen molar-refractivity contribution in [2.24, 2.45) is 29.6 Å². The molecule has 2 aliphatic rings. The Balaban J connectivity index is 1.68. The summed E-state index contributed by atoms with van der Waals surface area (Å²) >= 11 is 1.38. The predicted octanol–water partition coefficient (Wildman–Crippen LogP) is 3.02. The lowest BCUT2D eigenvalue weighted by Gasteiger charge is -2.42. The van der Waals surface area contributed by atoms with E-state index in [4.69, 9.17) is 25.7 Å². The van der Waals surface area contributed by atoms with Gasteiger partial charge in [-0.1, -0.05) is 27.7 Å². The van der Waals surface area contributed by atoms with Gasteiger partial charge in [0.05, 0.1) is 24.0 Å². The first-order valence-electron chi connectivity index (χ1n) is 15.6. The number of carbonyl (C=O) groups is 3. The molecular weight excluding hydrogens is 600 g/mol. The summed E-state index contributed by atoms with van der Waals surface area (Å²) in [6, 6.07) is 0. The van der Waals surface area contributed by atoms with Gasteiger partial charge in [-0.15, -0.1) is 11.8 Å². The Morgan fingerprint density at radius 3 is 2.42 bits per heavy atom. The number of aliphatic hydroxyl groups excluding tert-OH is 1. The van der Waals surface area contributed by atoms with Gasteiger partial charge in [0.15, 0.2) is 17.1 Å². The molecule has 2 fully saturated rings. The highest BCUT2D eigenvalue weighted by atomic mass is 32.2. The Kier molecular flexibility index (Phi) is 10.4. The van der Waals surface area contributed by atoms with Crippen molar-refractivity contribution in [3.8, 4) is 0 Å². The first-order chi connectivity index (χ1) is 21.1. The smallest absolute Gasteiger partial charge is 0.320 e. The zero-order valence-corrected chi connectivity index (χ0v) is 28.3. The number of aliphatic hydroxyl groups is 1. The van der Waals surface area contributed by atoms with Gasteiger partial charge in [-0.3, -0.25) is 14.4 Å². The number of esters is 2. The van der Waals surface area contributed by atoms with Gasteiger partial charge in [0.1, 0.15) is 22.7 Å². The minimum Gasteiger partial charge on any atom is -0.458 e. The number of methoxy groups -OCH3 is 1. The zero-order valence-electron chi connectivity index (χ0n) is 27.5. The van der Waals surface area contributed by atoms with Gasteiger partial charge in [-0.05, 0) is 46.0 Å². The molecule has 0 bridgehead atoms. The number of aryl methyl sites for hydroxylation is 1. The molecule has 2 aromatic heterocycles. The van der Waals surface area contributed by atoms with E-state index in [1.54, 1.807) is 31.9 Å². The third kappa shape index (κ3) is 6.78. The van der Waals surface area contributed by atoms with Crippen LogP contribution in [-0.4, -0.2) is 83.9 Å². The lowest BCUT2D eigenvalue weighted by molar-refractivity contribution is -0.186. The van der Waals surface area contributed by atoms with E-state index in [2.05, 4.69) is 15.0 Å². The molecule has 10 unspecified atom stereocenters. The van der Waals surface area contributed by atoms with Gasteiger partial charge in [0.2, 0.25) is 5.95 Å². The van der Waals surface area contributed by atoms with Gasteiger partial charge < -0.3 is 35.4 Å². The second-order valence-electron chi connectivity index (χ2n) is 13.2. The summed E-state index contributed by atoms with van der Waals surface area (Å²) in [5.74, 6) is -3.14. The molecule has 0 amide bonds. The summed E-state index contributed by atoms with van der Waals surface area (Å²) in [4.78, 5) is 53.7. The molecule has 4 rings (SSSR count). The van der Waals surface area contributed by atoms with Crippen LogP contribution in [0.25, 0.3) is 11.2 Å². The molecule has 2 aliphatic heterocycles. The SMILES string of the molecule is CCC1OC(=O)C(C)C(O)C(C)CC(C)(OC)CC(C)C(=O)C(C)C2C(SCCn3cnc4c(N)nc(N)nc43)C(=O)OC12C. The van der Waals surface area contributed by atoms with Gasteiger partial charge in [-0.2, -0.15) is 9.97 Å². The number of carbonyl (C=O) groups excluding carboxylic acids is 3. The maximum Gasteiger partial charge on any atom is 0.320 e. The molecule has 2 aromatic rings. The van der Waals surface area contributed by atoms with Crippen molar-refractivity contribution in [3.05, 3.63) is 6.33 Å². The number of ketones is 1. The number of rotatable bonds is 6. The molecular formula is C31H48N6O7S. The molecule has 13 nitrogen and oxygen atoms in total. The molecule has 14 heteroatoms. The number of aromatic nitrogens is 4. The molecule has 0 radical (unpaired) electrons. The Morgan fingerprint density at radius 1 is 1.09 bits per heavy atom. The summed E-state index contributed by atoms with van der Waals surface area (Å²) in [7, 11) is 1.60. The second-order valence-corrected chi connectivity index (χ2v) is 14.5. The van der Waals surface area contributed by atoms with Crippen LogP contribution in [0.5, 0.6) is 0 Å². The Bertz CT molecular complexity index is 1420. The first-order valence-corrected chi connectivity index (χ1v) is 16.7. The maximum absolute atomic E-state index is 14.1. The number of hydrogen-bond acceptors (Lipinski definition) is 13. The minimum absolute atomic E-state index is 0.0264. The third-order valence-electron chi connectivity index (χ3n) is 9.87.